The molecule has 1 unspecified atom stereocenters. The van der Waals surface area contributed by atoms with Gasteiger partial charge < -0.3 is 5.11 Å². The van der Waals surface area contributed by atoms with Gasteiger partial charge in [-0.3, -0.25) is 20.4 Å². The molecule has 0 fully saturated rings. The molecular formula is C18H30N4O3. The Balaban J connectivity index is 3.65. The minimum atomic E-state index is -0.809. The van der Waals surface area contributed by atoms with Crippen molar-refractivity contribution in [1.82, 2.24) is 10.9 Å². The molecule has 0 aliphatic rings. The number of aromatic hydroxyl groups is 1. The standard InChI is InChI=1S/C18H30N4O3/c1-17(2,3)12-7-10(8-13(15(12)24)18(4,5)6)11(16(25)22-20)9-14(23)21-19/h7-8,11,24H,9,19-20H2,1-6H3,(H,21,23)(H,22,25). The summed E-state index contributed by atoms with van der Waals surface area (Å²) in [6, 6.07) is 3.52. The summed E-state index contributed by atoms with van der Waals surface area (Å²) in [4.78, 5) is 24.0. The molecule has 1 atom stereocenters. The van der Waals surface area contributed by atoms with Gasteiger partial charge in [0.2, 0.25) is 11.8 Å². The first-order valence-corrected chi connectivity index (χ1v) is 8.20. The Labute approximate surface area is 149 Å². The number of benzene rings is 1. The van der Waals surface area contributed by atoms with E-state index in [1.54, 1.807) is 12.1 Å². The molecule has 25 heavy (non-hydrogen) atoms. The second-order valence-electron chi connectivity index (χ2n) is 8.30. The van der Waals surface area contributed by atoms with E-state index >= 15 is 0 Å². The van der Waals surface area contributed by atoms with Crippen molar-refractivity contribution >= 4 is 11.8 Å². The highest BCUT2D eigenvalue weighted by Crippen LogP contribution is 2.41. The third-order valence-corrected chi connectivity index (χ3v) is 4.16. The number of amides is 2. The fourth-order valence-electron chi connectivity index (χ4n) is 2.71. The highest BCUT2D eigenvalue weighted by atomic mass is 16.3. The van der Waals surface area contributed by atoms with Gasteiger partial charge in [-0.2, -0.15) is 0 Å². The Bertz CT molecular complexity index is 622. The summed E-state index contributed by atoms with van der Waals surface area (Å²) in [7, 11) is 0. The summed E-state index contributed by atoms with van der Waals surface area (Å²) in [5, 5.41) is 10.8. The van der Waals surface area contributed by atoms with Crippen molar-refractivity contribution in [2.45, 2.75) is 64.7 Å². The molecule has 0 radical (unpaired) electrons. The predicted molar refractivity (Wildman–Crippen MR) is 97.5 cm³/mol. The molecule has 0 spiro atoms. The van der Waals surface area contributed by atoms with Crippen molar-refractivity contribution in [3.05, 3.63) is 28.8 Å². The first kappa shape index (κ1) is 20.9. The molecule has 2 amide bonds. The zero-order valence-corrected chi connectivity index (χ0v) is 15.9. The minimum absolute atomic E-state index is 0.141. The van der Waals surface area contributed by atoms with Gasteiger partial charge in [-0.15, -0.1) is 0 Å². The van der Waals surface area contributed by atoms with Gasteiger partial charge in [0.05, 0.1) is 5.92 Å². The van der Waals surface area contributed by atoms with Crippen LogP contribution in [-0.4, -0.2) is 16.9 Å². The van der Waals surface area contributed by atoms with E-state index in [0.717, 1.165) is 0 Å². The molecule has 7 nitrogen and oxygen atoms in total. The predicted octanol–water partition coefficient (Wildman–Crippen LogP) is 1.44. The van der Waals surface area contributed by atoms with E-state index in [-0.39, 0.29) is 23.0 Å². The molecule has 1 aromatic carbocycles. The van der Waals surface area contributed by atoms with Crippen LogP contribution >= 0.6 is 0 Å². The van der Waals surface area contributed by atoms with Crippen molar-refractivity contribution in [1.29, 1.82) is 0 Å². The average molecular weight is 350 g/mol. The number of hydrazine groups is 2. The molecule has 1 aromatic rings. The summed E-state index contributed by atoms with van der Waals surface area (Å²) in [5.74, 6) is 8.88. The van der Waals surface area contributed by atoms with E-state index in [4.69, 9.17) is 11.7 Å². The quantitative estimate of drug-likeness (QED) is 0.319. The number of hydrogen-bond donors (Lipinski definition) is 5. The summed E-state index contributed by atoms with van der Waals surface area (Å²) < 4.78 is 0. The summed E-state index contributed by atoms with van der Waals surface area (Å²) in [5.41, 5.74) is 5.47. The third kappa shape index (κ3) is 4.93. The Kier molecular flexibility index (Phi) is 6.20. The van der Waals surface area contributed by atoms with Crippen molar-refractivity contribution in [2.75, 3.05) is 0 Å². The van der Waals surface area contributed by atoms with E-state index in [0.29, 0.717) is 16.7 Å². The number of phenolic OH excluding ortho intramolecular Hbond substituents is 1. The van der Waals surface area contributed by atoms with Gasteiger partial charge in [0.1, 0.15) is 5.75 Å². The smallest absolute Gasteiger partial charge is 0.241 e. The van der Waals surface area contributed by atoms with Crippen molar-refractivity contribution in [3.63, 3.8) is 0 Å². The zero-order chi connectivity index (χ0) is 19.6. The summed E-state index contributed by atoms with van der Waals surface area (Å²) in [6.45, 7) is 11.9. The van der Waals surface area contributed by atoms with Gasteiger partial charge in [0, 0.05) is 6.42 Å². The van der Waals surface area contributed by atoms with Crippen LogP contribution in [0, 0.1) is 0 Å². The van der Waals surface area contributed by atoms with Crippen LogP contribution in [0.4, 0.5) is 0 Å². The average Bonchev–Trinajstić information content (AvgIpc) is 2.49. The van der Waals surface area contributed by atoms with Gasteiger partial charge in [0.25, 0.3) is 0 Å². The second-order valence-corrected chi connectivity index (χ2v) is 8.30. The van der Waals surface area contributed by atoms with E-state index in [1.165, 1.54) is 0 Å². The van der Waals surface area contributed by atoms with E-state index in [2.05, 4.69) is 5.43 Å². The van der Waals surface area contributed by atoms with Crippen LogP contribution in [0.5, 0.6) is 5.75 Å². The number of carbonyl (C=O) groups is 2. The van der Waals surface area contributed by atoms with Gasteiger partial charge in [-0.05, 0) is 27.5 Å². The minimum Gasteiger partial charge on any atom is -0.507 e. The highest BCUT2D eigenvalue weighted by Gasteiger charge is 2.30. The maximum Gasteiger partial charge on any atom is 0.241 e. The number of nitrogens with two attached hydrogens (primary N) is 2. The molecule has 0 saturated carbocycles. The van der Waals surface area contributed by atoms with Crippen LogP contribution in [-0.2, 0) is 20.4 Å². The maximum atomic E-state index is 12.3. The Morgan fingerprint density at radius 1 is 1.00 bits per heavy atom. The van der Waals surface area contributed by atoms with Crippen molar-refractivity contribution in [3.8, 4) is 5.75 Å². The molecule has 7 heteroatoms. The van der Waals surface area contributed by atoms with Crippen LogP contribution in [0.25, 0.3) is 0 Å². The largest absolute Gasteiger partial charge is 0.507 e. The topological polar surface area (TPSA) is 130 Å². The van der Waals surface area contributed by atoms with Crippen LogP contribution in [0.2, 0.25) is 0 Å². The molecule has 1 rings (SSSR count). The SMILES string of the molecule is CC(C)(C)c1cc(C(CC(=O)NN)C(=O)NN)cc(C(C)(C)C)c1O. The van der Waals surface area contributed by atoms with Crippen LogP contribution in [0.15, 0.2) is 12.1 Å². The second kappa shape index (κ2) is 7.41. The molecule has 0 heterocycles. The number of carbonyl (C=O) groups excluding carboxylic acids is 2. The molecule has 140 valence electrons. The zero-order valence-electron chi connectivity index (χ0n) is 15.9. The van der Waals surface area contributed by atoms with Crippen LogP contribution in [0.3, 0.4) is 0 Å². The molecular weight excluding hydrogens is 320 g/mol. The Morgan fingerprint density at radius 3 is 1.76 bits per heavy atom. The highest BCUT2D eigenvalue weighted by molar-refractivity contribution is 5.89. The van der Waals surface area contributed by atoms with Crippen molar-refractivity contribution < 1.29 is 14.7 Å². The summed E-state index contributed by atoms with van der Waals surface area (Å²) in [6.07, 6.45) is -0.141. The van der Waals surface area contributed by atoms with Gasteiger partial charge >= 0.3 is 0 Å². The van der Waals surface area contributed by atoms with Gasteiger partial charge in [0.15, 0.2) is 0 Å². The van der Waals surface area contributed by atoms with Crippen LogP contribution < -0.4 is 22.5 Å². The lowest BCUT2D eigenvalue weighted by atomic mass is 9.76. The lowest BCUT2D eigenvalue weighted by Gasteiger charge is -2.29. The van der Waals surface area contributed by atoms with E-state index in [1.807, 2.05) is 47.0 Å². The number of rotatable bonds is 4. The number of phenols is 1. The Hall–Kier alpha value is -2.12. The third-order valence-electron chi connectivity index (χ3n) is 4.16. The monoisotopic (exact) mass is 350 g/mol. The van der Waals surface area contributed by atoms with Crippen LogP contribution in [0.1, 0.15) is 70.6 Å². The molecule has 0 aliphatic heterocycles. The fraction of sp³-hybridized carbons (Fsp3) is 0.556. The first-order valence-electron chi connectivity index (χ1n) is 8.20. The lowest BCUT2D eigenvalue weighted by molar-refractivity contribution is -0.127. The number of hydrogen-bond acceptors (Lipinski definition) is 5. The normalized spacial score (nSPS) is 13.3. The van der Waals surface area contributed by atoms with E-state index < -0.39 is 17.7 Å². The maximum absolute atomic E-state index is 12.3. The first-order chi connectivity index (χ1) is 11.3. The Morgan fingerprint density at radius 2 is 1.44 bits per heavy atom. The number of nitrogens with one attached hydrogen (secondary N) is 2. The molecule has 7 N–H and O–H groups in total. The molecule has 0 saturated heterocycles. The van der Waals surface area contributed by atoms with E-state index in [9.17, 15) is 14.7 Å². The fourth-order valence-corrected chi connectivity index (χ4v) is 2.71. The van der Waals surface area contributed by atoms with Gasteiger partial charge in [-0.25, -0.2) is 11.7 Å². The summed E-state index contributed by atoms with van der Waals surface area (Å²) >= 11 is 0. The lowest BCUT2D eigenvalue weighted by Crippen LogP contribution is -2.39. The molecule has 0 bridgehead atoms. The molecule has 0 aliphatic carbocycles. The van der Waals surface area contributed by atoms with Gasteiger partial charge in [-0.1, -0.05) is 53.7 Å². The molecule has 0 aromatic heterocycles. The van der Waals surface area contributed by atoms with Crippen molar-refractivity contribution in [2.24, 2.45) is 11.7 Å².